The van der Waals surface area contributed by atoms with Gasteiger partial charge in [-0.25, -0.2) is 4.98 Å². The van der Waals surface area contributed by atoms with Crippen LogP contribution in [-0.2, 0) is 4.79 Å². The van der Waals surface area contributed by atoms with Gasteiger partial charge in [0.2, 0.25) is 5.91 Å². The lowest BCUT2D eigenvalue weighted by molar-refractivity contribution is -0.116. The molecule has 7 heteroatoms. The van der Waals surface area contributed by atoms with Crippen LogP contribution >= 0.6 is 0 Å². The topological polar surface area (TPSA) is 86.1 Å². The monoisotopic (exact) mass is 442 g/mol. The minimum atomic E-state index is -0.258. The van der Waals surface area contributed by atoms with Crippen LogP contribution in [0.15, 0.2) is 54.6 Å². The average Bonchev–Trinajstić information content (AvgIpc) is 3.17. The van der Waals surface area contributed by atoms with Crippen molar-refractivity contribution in [3.05, 3.63) is 77.0 Å². The maximum atomic E-state index is 12.6. The zero-order chi connectivity index (χ0) is 23.5. The molecular formula is C26H26N4O3. The molecule has 0 saturated heterocycles. The third-order valence-electron chi connectivity index (χ3n) is 5.48. The molecule has 33 heavy (non-hydrogen) atoms. The highest BCUT2D eigenvalue weighted by atomic mass is 16.5. The number of fused-ring (bicyclic) bond motifs is 1. The van der Waals surface area contributed by atoms with Gasteiger partial charge in [0, 0.05) is 29.9 Å². The standard InChI is InChI=1S/C26H26N4O3/c1-16-8-10-19(11-9-16)21(31)12-13-25(32)27-24-15-18(3)29-30(24)23-14-17(2)20-6-5-7-22(33-4)26(20)28-23/h5-11,14-15H,12-13H2,1-4H3,(H,27,32). The number of rotatable bonds is 7. The Morgan fingerprint density at radius 3 is 2.48 bits per heavy atom. The van der Waals surface area contributed by atoms with Gasteiger partial charge in [-0.2, -0.15) is 9.78 Å². The molecule has 4 aromatic rings. The Balaban J connectivity index is 1.55. The van der Waals surface area contributed by atoms with Crippen LogP contribution in [0.4, 0.5) is 5.82 Å². The molecule has 2 heterocycles. The van der Waals surface area contributed by atoms with Crippen molar-refractivity contribution in [2.75, 3.05) is 12.4 Å². The molecule has 4 rings (SSSR count). The SMILES string of the molecule is COc1cccc2c(C)cc(-n3nc(C)cc3NC(=O)CCC(=O)c3ccc(C)cc3)nc12. The van der Waals surface area contributed by atoms with Crippen LogP contribution in [0.2, 0.25) is 0 Å². The summed E-state index contributed by atoms with van der Waals surface area (Å²) in [5, 5.41) is 8.39. The van der Waals surface area contributed by atoms with Crippen molar-refractivity contribution in [3.63, 3.8) is 0 Å². The summed E-state index contributed by atoms with van der Waals surface area (Å²) in [6.07, 6.45) is 0.210. The van der Waals surface area contributed by atoms with Crippen molar-refractivity contribution < 1.29 is 14.3 Å². The smallest absolute Gasteiger partial charge is 0.225 e. The predicted octanol–water partition coefficient (Wildman–Crippen LogP) is 4.96. The molecule has 0 saturated carbocycles. The maximum Gasteiger partial charge on any atom is 0.225 e. The first-order chi connectivity index (χ1) is 15.9. The van der Waals surface area contributed by atoms with E-state index in [1.165, 1.54) is 0 Å². The minimum absolute atomic E-state index is 0.0613. The highest BCUT2D eigenvalue weighted by molar-refractivity contribution is 6.00. The van der Waals surface area contributed by atoms with Crippen molar-refractivity contribution in [3.8, 4) is 11.6 Å². The van der Waals surface area contributed by atoms with Crippen LogP contribution in [-0.4, -0.2) is 33.6 Å². The van der Waals surface area contributed by atoms with Gasteiger partial charge in [-0.15, -0.1) is 0 Å². The van der Waals surface area contributed by atoms with Gasteiger partial charge in [0.15, 0.2) is 11.6 Å². The Morgan fingerprint density at radius 1 is 1.00 bits per heavy atom. The van der Waals surface area contributed by atoms with E-state index in [9.17, 15) is 9.59 Å². The molecule has 1 amide bonds. The Bertz CT molecular complexity index is 1340. The lowest BCUT2D eigenvalue weighted by Crippen LogP contribution is -2.16. The number of aromatic nitrogens is 3. The van der Waals surface area contributed by atoms with E-state index >= 15 is 0 Å². The van der Waals surface area contributed by atoms with Gasteiger partial charge in [-0.05, 0) is 38.5 Å². The quantitative estimate of drug-likeness (QED) is 0.409. The van der Waals surface area contributed by atoms with Crippen LogP contribution in [0.25, 0.3) is 16.7 Å². The molecular weight excluding hydrogens is 416 g/mol. The number of pyridine rings is 1. The van der Waals surface area contributed by atoms with E-state index in [4.69, 9.17) is 9.72 Å². The first-order valence-corrected chi connectivity index (χ1v) is 10.8. The Morgan fingerprint density at radius 2 is 1.76 bits per heavy atom. The Hall–Kier alpha value is -4.00. The number of ketones is 1. The van der Waals surface area contributed by atoms with Crippen LogP contribution < -0.4 is 10.1 Å². The summed E-state index contributed by atoms with van der Waals surface area (Å²) < 4.78 is 7.08. The fourth-order valence-electron chi connectivity index (χ4n) is 3.73. The number of nitrogens with one attached hydrogen (secondary N) is 1. The molecule has 168 valence electrons. The molecule has 7 nitrogen and oxygen atoms in total. The molecule has 0 unspecified atom stereocenters. The number of hydrogen-bond donors (Lipinski definition) is 1. The summed E-state index contributed by atoms with van der Waals surface area (Å²) in [6.45, 7) is 5.81. The second-order valence-corrected chi connectivity index (χ2v) is 8.07. The number of para-hydroxylation sites is 1. The van der Waals surface area contributed by atoms with Gasteiger partial charge in [-0.3, -0.25) is 9.59 Å². The average molecular weight is 443 g/mol. The number of hydrogen-bond acceptors (Lipinski definition) is 5. The van der Waals surface area contributed by atoms with Crippen LogP contribution in [0, 0.1) is 20.8 Å². The van der Waals surface area contributed by atoms with Crippen molar-refractivity contribution in [1.82, 2.24) is 14.8 Å². The van der Waals surface area contributed by atoms with Crippen molar-refractivity contribution in [2.45, 2.75) is 33.6 Å². The van der Waals surface area contributed by atoms with Gasteiger partial charge in [0.05, 0.1) is 12.8 Å². The van der Waals surface area contributed by atoms with Crippen LogP contribution in [0.5, 0.6) is 5.75 Å². The molecule has 0 atom stereocenters. The predicted molar refractivity (Wildman–Crippen MR) is 128 cm³/mol. The molecule has 0 aliphatic carbocycles. The first kappa shape index (κ1) is 22.2. The normalized spacial score (nSPS) is 10.9. The fourth-order valence-corrected chi connectivity index (χ4v) is 3.73. The molecule has 2 aromatic carbocycles. The number of anilines is 1. The van der Waals surface area contributed by atoms with E-state index in [0.29, 0.717) is 22.9 Å². The van der Waals surface area contributed by atoms with E-state index < -0.39 is 0 Å². The second-order valence-electron chi connectivity index (χ2n) is 8.07. The number of nitrogens with zero attached hydrogens (tertiary/aromatic N) is 3. The Kier molecular flexibility index (Phi) is 6.22. The number of Topliss-reactive ketones (excluding diaryl/α,β-unsaturated/α-hetero) is 1. The minimum Gasteiger partial charge on any atom is -0.494 e. The molecule has 0 bridgehead atoms. The maximum absolute atomic E-state index is 12.6. The summed E-state index contributed by atoms with van der Waals surface area (Å²) in [6, 6.07) is 16.8. The molecule has 2 aromatic heterocycles. The number of ether oxygens (including phenoxy) is 1. The lowest BCUT2D eigenvalue weighted by atomic mass is 10.1. The molecule has 0 aliphatic heterocycles. The Labute approximate surface area is 192 Å². The molecule has 0 fully saturated rings. The van der Waals surface area contributed by atoms with E-state index in [-0.39, 0.29) is 24.5 Å². The summed E-state index contributed by atoms with van der Waals surface area (Å²) in [5.41, 5.74) is 4.18. The summed E-state index contributed by atoms with van der Waals surface area (Å²) >= 11 is 0. The summed E-state index contributed by atoms with van der Waals surface area (Å²) in [4.78, 5) is 29.8. The van der Waals surface area contributed by atoms with Gasteiger partial charge in [0.1, 0.15) is 17.1 Å². The number of aryl methyl sites for hydroxylation is 3. The number of carbonyl (C=O) groups is 2. The van der Waals surface area contributed by atoms with Gasteiger partial charge in [0.25, 0.3) is 0 Å². The third-order valence-corrected chi connectivity index (χ3v) is 5.48. The highest BCUT2D eigenvalue weighted by Crippen LogP contribution is 2.28. The van der Waals surface area contributed by atoms with Crippen molar-refractivity contribution in [1.29, 1.82) is 0 Å². The van der Waals surface area contributed by atoms with Crippen molar-refractivity contribution >= 4 is 28.4 Å². The lowest BCUT2D eigenvalue weighted by Gasteiger charge is -2.12. The number of carbonyl (C=O) groups excluding carboxylic acids is 2. The van der Waals surface area contributed by atoms with E-state index in [2.05, 4.69) is 10.4 Å². The van der Waals surface area contributed by atoms with E-state index in [1.807, 2.05) is 57.2 Å². The first-order valence-electron chi connectivity index (χ1n) is 10.8. The summed E-state index contributed by atoms with van der Waals surface area (Å²) in [7, 11) is 1.61. The largest absolute Gasteiger partial charge is 0.494 e. The number of amides is 1. The summed E-state index contributed by atoms with van der Waals surface area (Å²) in [5.74, 6) is 1.42. The zero-order valence-electron chi connectivity index (χ0n) is 19.2. The van der Waals surface area contributed by atoms with Gasteiger partial charge >= 0.3 is 0 Å². The second kappa shape index (κ2) is 9.24. The van der Waals surface area contributed by atoms with Gasteiger partial charge in [-0.1, -0.05) is 42.0 Å². The third kappa shape index (κ3) is 4.77. The number of benzene rings is 2. The molecule has 0 spiro atoms. The number of methoxy groups -OCH3 is 1. The molecule has 1 N–H and O–H groups in total. The zero-order valence-corrected chi connectivity index (χ0v) is 19.2. The molecule has 0 aliphatic rings. The van der Waals surface area contributed by atoms with Crippen LogP contribution in [0.1, 0.15) is 40.0 Å². The van der Waals surface area contributed by atoms with E-state index in [1.54, 1.807) is 30.0 Å². The molecule has 0 radical (unpaired) electrons. The van der Waals surface area contributed by atoms with Crippen molar-refractivity contribution in [2.24, 2.45) is 0 Å². The fraction of sp³-hybridized carbons (Fsp3) is 0.231. The van der Waals surface area contributed by atoms with Crippen LogP contribution in [0.3, 0.4) is 0 Å². The van der Waals surface area contributed by atoms with E-state index in [0.717, 1.165) is 27.7 Å². The highest BCUT2D eigenvalue weighted by Gasteiger charge is 2.16. The van der Waals surface area contributed by atoms with Gasteiger partial charge < -0.3 is 10.1 Å².